The molecule has 6 heteroatoms. The molecule has 0 aliphatic rings. The number of allylic oxidation sites excluding steroid dienone is 8. The summed E-state index contributed by atoms with van der Waals surface area (Å²) in [5.41, 5.74) is 0. The van der Waals surface area contributed by atoms with Crippen molar-refractivity contribution in [1.29, 1.82) is 0 Å². The van der Waals surface area contributed by atoms with Gasteiger partial charge in [0.1, 0.15) is 6.10 Å². The number of unbranched alkanes of at least 4 members (excludes halogenated alkanes) is 33. The Kier molecular flexibility index (Phi) is 53.0. The second-order valence-corrected chi connectivity index (χ2v) is 20.1. The smallest absolute Gasteiger partial charge is 0.306 e. The van der Waals surface area contributed by atoms with E-state index in [2.05, 4.69) is 74.7 Å². The Morgan fingerprint density at radius 2 is 0.761 bits per heavy atom. The fraction of sp³-hybridized carbons (Fsp3) is 0.836. The number of esters is 1. The van der Waals surface area contributed by atoms with Crippen molar-refractivity contribution in [3.8, 4) is 0 Å². The zero-order valence-corrected chi connectivity index (χ0v) is 44.8. The summed E-state index contributed by atoms with van der Waals surface area (Å²) >= 11 is 0. The standard InChI is InChI=1S/C61H113NO5/c1-4-7-10-13-16-19-22-25-28-29-30-31-33-36-39-42-45-48-51-54-61(66)67-57(52-49-46-43-40-37-34-27-24-21-18-15-12-9-6-3)55-60(65)62-58(56-63)59(64)53-50-47-44-41-38-35-32-26-23-20-17-14-11-8-5-2/h16,19,25,28,30-31,36,39,57-59,63-64H,4-15,17-18,20-24,26-27,29,32-35,37-38,40-56H2,1-3H3,(H,62,65)/b19-16-,28-25-,31-30-,39-36-. The van der Waals surface area contributed by atoms with Crippen molar-refractivity contribution in [3.63, 3.8) is 0 Å². The van der Waals surface area contributed by atoms with Crippen molar-refractivity contribution in [3.05, 3.63) is 48.6 Å². The molecule has 3 unspecified atom stereocenters. The number of carbonyl (C=O) groups excluding carboxylic acids is 2. The third-order valence-corrected chi connectivity index (χ3v) is 13.4. The SMILES string of the molecule is CCCCC/C=C\C/C=C\C/C=C\C/C=C\CCCCCC(=O)OC(CCCCCCCCCCCCCCCC)CC(=O)NC(CO)C(O)CCCCCCCCCCCCCCCCC. The highest BCUT2D eigenvalue weighted by molar-refractivity contribution is 5.77. The van der Waals surface area contributed by atoms with Crippen LogP contribution in [0.25, 0.3) is 0 Å². The van der Waals surface area contributed by atoms with Crippen LogP contribution in [0.3, 0.4) is 0 Å². The van der Waals surface area contributed by atoms with Gasteiger partial charge in [0.05, 0.1) is 25.2 Å². The van der Waals surface area contributed by atoms with Crippen LogP contribution in [0.1, 0.15) is 303 Å². The molecule has 0 aromatic heterocycles. The van der Waals surface area contributed by atoms with E-state index in [9.17, 15) is 19.8 Å². The number of amides is 1. The van der Waals surface area contributed by atoms with Gasteiger partial charge in [0.2, 0.25) is 5.91 Å². The predicted molar refractivity (Wildman–Crippen MR) is 292 cm³/mol. The average Bonchev–Trinajstić information content (AvgIpc) is 3.32. The summed E-state index contributed by atoms with van der Waals surface area (Å²) in [5.74, 6) is -0.496. The molecule has 0 fully saturated rings. The number of ether oxygens (including phenoxy) is 1. The first-order valence-corrected chi connectivity index (χ1v) is 29.4. The molecule has 392 valence electrons. The molecule has 0 bridgehead atoms. The van der Waals surface area contributed by atoms with E-state index in [4.69, 9.17) is 4.74 Å². The first-order valence-electron chi connectivity index (χ1n) is 29.4. The van der Waals surface area contributed by atoms with Crippen LogP contribution in [0, 0.1) is 0 Å². The Bertz CT molecular complexity index is 1150. The zero-order valence-electron chi connectivity index (χ0n) is 44.8. The molecular formula is C61H113NO5. The lowest BCUT2D eigenvalue weighted by Crippen LogP contribution is -2.46. The van der Waals surface area contributed by atoms with Gasteiger partial charge in [0.25, 0.3) is 0 Å². The Labute approximate surface area is 416 Å². The van der Waals surface area contributed by atoms with Crippen molar-refractivity contribution in [2.24, 2.45) is 0 Å². The first-order chi connectivity index (χ1) is 33.0. The molecular weight excluding hydrogens is 827 g/mol. The number of hydrogen-bond donors (Lipinski definition) is 3. The maximum absolute atomic E-state index is 13.3. The van der Waals surface area contributed by atoms with Gasteiger partial charge in [0.15, 0.2) is 0 Å². The van der Waals surface area contributed by atoms with E-state index in [0.29, 0.717) is 19.3 Å². The zero-order chi connectivity index (χ0) is 48.8. The van der Waals surface area contributed by atoms with Crippen molar-refractivity contribution < 1.29 is 24.5 Å². The highest BCUT2D eigenvalue weighted by Crippen LogP contribution is 2.19. The number of aliphatic hydroxyl groups is 2. The molecule has 0 radical (unpaired) electrons. The Morgan fingerprint density at radius 3 is 1.16 bits per heavy atom. The summed E-state index contributed by atoms with van der Waals surface area (Å²) in [7, 11) is 0. The van der Waals surface area contributed by atoms with Gasteiger partial charge >= 0.3 is 5.97 Å². The van der Waals surface area contributed by atoms with Gasteiger partial charge in [0, 0.05) is 6.42 Å². The highest BCUT2D eigenvalue weighted by Gasteiger charge is 2.24. The van der Waals surface area contributed by atoms with Gasteiger partial charge < -0.3 is 20.3 Å². The van der Waals surface area contributed by atoms with E-state index in [1.54, 1.807) is 0 Å². The third kappa shape index (κ3) is 50.0. The number of aliphatic hydroxyl groups excluding tert-OH is 2. The summed E-state index contributed by atoms with van der Waals surface area (Å²) in [6, 6.07) is -0.707. The summed E-state index contributed by atoms with van der Waals surface area (Å²) in [4.78, 5) is 26.3. The van der Waals surface area contributed by atoms with Crippen LogP contribution in [0.15, 0.2) is 48.6 Å². The number of hydrogen-bond acceptors (Lipinski definition) is 5. The van der Waals surface area contributed by atoms with E-state index in [1.807, 2.05) is 0 Å². The van der Waals surface area contributed by atoms with Gasteiger partial charge in [-0.15, -0.1) is 0 Å². The molecule has 0 heterocycles. The maximum Gasteiger partial charge on any atom is 0.306 e. The lowest BCUT2D eigenvalue weighted by atomic mass is 10.0. The van der Waals surface area contributed by atoms with Gasteiger partial charge in [-0.3, -0.25) is 9.59 Å². The second kappa shape index (κ2) is 54.8. The largest absolute Gasteiger partial charge is 0.462 e. The van der Waals surface area contributed by atoms with E-state index in [1.165, 1.54) is 180 Å². The molecule has 0 aliphatic carbocycles. The molecule has 1 amide bonds. The van der Waals surface area contributed by atoms with Crippen LogP contribution < -0.4 is 5.32 Å². The van der Waals surface area contributed by atoms with Gasteiger partial charge in [-0.1, -0.05) is 268 Å². The summed E-state index contributed by atoms with van der Waals surface area (Å²) < 4.78 is 5.95. The molecule has 6 nitrogen and oxygen atoms in total. The topological polar surface area (TPSA) is 95.9 Å². The molecule has 67 heavy (non-hydrogen) atoms. The maximum atomic E-state index is 13.3. The lowest BCUT2D eigenvalue weighted by Gasteiger charge is -2.24. The fourth-order valence-corrected chi connectivity index (χ4v) is 8.95. The lowest BCUT2D eigenvalue weighted by molar-refractivity contribution is -0.151. The molecule has 0 aromatic carbocycles. The van der Waals surface area contributed by atoms with Crippen molar-refractivity contribution >= 4 is 11.9 Å². The minimum atomic E-state index is -0.793. The molecule has 0 aliphatic heterocycles. The molecule has 0 rings (SSSR count). The molecule has 0 spiro atoms. The van der Waals surface area contributed by atoms with Crippen molar-refractivity contribution in [2.75, 3.05) is 6.61 Å². The molecule has 3 atom stereocenters. The van der Waals surface area contributed by atoms with Crippen LogP contribution in [0.5, 0.6) is 0 Å². The van der Waals surface area contributed by atoms with Crippen molar-refractivity contribution in [2.45, 2.75) is 322 Å². The van der Waals surface area contributed by atoms with Crippen LogP contribution >= 0.6 is 0 Å². The van der Waals surface area contributed by atoms with E-state index >= 15 is 0 Å². The fourth-order valence-electron chi connectivity index (χ4n) is 8.95. The van der Waals surface area contributed by atoms with E-state index in [-0.39, 0.29) is 24.9 Å². The monoisotopic (exact) mass is 940 g/mol. The summed E-state index contributed by atoms with van der Waals surface area (Å²) in [6.07, 6.45) is 67.4. The third-order valence-electron chi connectivity index (χ3n) is 13.4. The minimum absolute atomic E-state index is 0.0679. The predicted octanol–water partition coefficient (Wildman–Crippen LogP) is 18.2. The van der Waals surface area contributed by atoms with Gasteiger partial charge in [-0.25, -0.2) is 0 Å². The Hall–Kier alpha value is -2.18. The second-order valence-electron chi connectivity index (χ2n) is 20.1. The molecule has 0 aromatic rings. The average molecular weight is 941 g/mol. The molecule has 3 N–H and O–H groups in total. The quantitative estimate of drug-likeness (QED) is 0.0321. The number of carbonyl (C=O) groups is 2. The van der Waals surface area contributed by atoms with Crippen LogP contribution in [-0.4, -0.2) is 46.9 Å². The van der Waals surface area contributed by atoms with Crippen LogP contribution in [0.2, 0.25) is 0 Å². The van der Waals surface area contributed by atoms with Gasteiger partial charge in [-0.05, 0) is 70.6 Å². The number of nitrogens with one attached hydrogen (secondary N) is 1. The first kappa shape index (κ1) is 64.8. The Balaban J connectivity index is 4.58. The summed E-state index contributed by atoms with van der Waals surface area (Å²) in [6.45, 7) is 6.48. The Morgan fingerprint density at radius 1 is 0.433 bits per heavy atom. The van der Waals surface area contributed by atoms with Gasteiger partial charge in [-0.2, -0.15) is 0 Å². The van der Waals surface area contributed by atoms with E-state index < -0.39 is 18.2 Å². The number of rotatable bonds is 53. The highest BCUT2D eigenvalue weighted by atomic mass is 16.5. The van der Waals surface area contributed by atoms with Crippen LogP contribution in [0.4, 0.5) is 0 Å². The van der Waals surface area contributed by atoms with Crippen molar-refractivity contribution in [1.82, 2.24) is 5.32 Å². The summed E-state index contributed by atoms with van der Waals surface area (Å²) in [5, 5.41) is 23.9. The minimum Gasteiger partial charge on any atom is -0.462 e. The molecule has 0 saturated carbocycles. The van der Waals surface area contributed by atoms with Crippen LogP contribution in [-0.2, 0) is 14.3 Å². The normalized spacial score (nSPS) is 13.4. The molecule has 0 saturated heterocycles. The van der Waals surface area contributed by atoms with E-state index in [0.717, 1.165) is 77.0 Å².